The molecule has 2 amide bonds. The molecule has 3 fully saturated rings. The zero-order valence-electron chi connectivity index (χ0n) is 11.7. The molecule has 0 aromatic heterocycles. The number of carbonyl (C=O) groups is 1. The standard InChI is InChI=1S/C14H26N4O/c19-14-16-13(12-3-1-2-4-12)11-18(14)10-9-17-7-5-15-6-8-17/h12-13,15H,1-11H2,(H,16,19). The molecule has 1 unspecified atom stereocenters. The number of hydrogen-bond donors (Lipinski definition) is 2. The van der Waals surface area contributed by atoms with Gasteiger partial charge in [0.05, 0.1) is 6.04 Å². The second kappa shape index (κ2) is 6.09. The lowest BCUT2D eigenvalue weighted by atomic mass is 9.99. The van der Waals surface area contributed by atoms with Crippen LogP contribution in [0.3, 0.4) is 0 Å². The summed E-state index contributed by atoms with van der Waals surface area (Å²) in [5.74, 6) is 0.730. The van der Waals surface area contributed by atoms with Crippen molar-refractivity contribution >= 4 is 6.03 Å². The van der Waals surface area contributed by atoms with Gasteiger partial charge >= 0.3 is 6.03 Å². The topological polar surface area (TPSA) is 47.6 Å². The maximum absolute atomic E-state index is 12.0. The first-order valence-electron chi connectivity index (χ1n) is 7.81. The van der Waals surface area contributed by atoms with Gasteiger partial charge in [-0.05, 0) is 18.8 Å². The van der Waals surface area contributed by atoms with E-state index in [0.717, 1.165) is 51.7 Å². The number of hydrogen-bond acceptors (Lipinski definition) is 3. The Bertz CT molecular complexity index is 311. The third-order valence-electron chi connectivity index (χ3n) is 4.88. The van der Waals surface area contributed by atoms with Crippen LogP contribution < -0.4 is 10.6 Å². The van der Waals surface area contributed by atoms with E-state index >= 15 is 0 Å². The molecule has 5 heteroatoms. The summed E-state index contributed by atoms with van der Waals surface area (Å²) in [6.45, 7) is 7.22. The molecule has 2 N–H and O–H groups in total. The third-order valence-corrected chi connectivity index (χ3v) is 4.88. The van der Waals surface area contributed by atoms with E-state index in [2.05, 4.69) is 15.5 Å². The molecule has 3 rings (SSSR count). The smallest absolute Gasteiger partial charge is 0.317 e. The molecule has 1 aliphatic carbocycles. The number of carbonyl (C=O) groups excluding carboxylic acids is 1. The molecule has 2 aliphatic heterocycles. The number of urea groups is 1. The van der Waals surface area contributed by atoms with Crippen molar-refractivity contribution in [2.24, 2.45) is 5.92 Å². The van der Waals surface area contributed by atoms with Gasteiger partial charge in [0.2, 0.25) is 0 Å². The lowest BCUT2D eigenvalue weighted by molar-refractivity contribution is 0.192. The predicted octanol–water partition coefficient (Wildman–Crippen LogP) is 0.476. The van der Waals surface area contributed by atoms with Gasteiger partial charge in [0.25, 0.3) is 0 Å². The largest absolute Gasteiger partial charge is 0.333 e. The van der Waals surface area contributed by atoms with Crippen LogP contribution in [0.1, 0.15) is 25.7 Å². The first-order chi connectivity index (χ1) is 9.33. The van der Waals surface area contributed by atoms with Gasteiger partial charge in [-0.25, -0.2) is 4.79 Å². The molecule has 1 atom stereocenters. The second-order valence-electron chi connectivity index (χ2n) is 6.14. The Morgan fingerprint density at radius 1 is 1.11 bits per heavy atom. The summed E-state index contributed by atoms with van der Waals surface area (Å²) in [5, 5.41) is 6.55. The van der Waals surface area contributed by atoms with Crippen LogP contribution in [0.25, 0.3) is 0 Å². The van der Waals surface area contributed by atoms with Crippen LogP contribution in [0.4, 0.5) is 4.79 Å². The number of rotatable bonds is 4. The van der Waals surface area contributed by atoms with E-state index in [1.54, 1.807) is 0 Å². The molecule has 5 nitrogen and oxygen atoms in total. The molecule has 2 heterocycles. The fraction of sp³-hybridized carbons (Fsp3) is 0.929. The maximum atomic E-state index is 12.0. The van der Waals surface area contributed by atoms with Crippen molar-refractivity contribution < 1.29 is 4.79 Å². The minimum absolute atomic E-state index is 0.159. The molecule has 108 valence electrons. The average Bonchev–Trinajstić information content (AvgIpc) is 3.07. The Hall–Kier alpha value is -0.810. The first-order valence-corrected chi connectivity index (χ1v) is 7.81. The summed E-state index contributed by atoms with van der Waals surface area (Å²) >= 11 is 0. The molecule has 1 saturated carbocycles. The summed E-state index contributed by atoms with van der Waals surface area (Å²) in [7, 11) is 0. The monoisotopic (exact) mass is 266 g/mol. The Balaban J connectivity index is 1.44. The average molecular weight is 266 g/mol. The van der Waals surface area contributed by atoms with Crippen molar-refractivity contribution in [3.8, 4) is 0 Å². The molecular weight excluding hydrogens is 240 g/mol. The quantitative estimate of drug-likeness (QED) is 0.778. The summed E-state index contributed by atoms with van der Waals surface area (Å²) in [5.41, 5.74) is 0. The highest BCUT2D eigenvalue weighted by molar-refractivity contribution is 5.76. The van der Waals surface area contributed by atoms with E-state index in [0.29, 0.717) is 6.04 Å². The summed E-state index contributed by atoms with van der Waals surface area (Å²) < 4.78 is 0. The van der Waals surface area contributed by atoms with Gasteiger partial charge in [-0.3, -0.25) is 4.90 Å². The van der Waals surface area contributed by atoms with E-state index in [1.807, 2.05) is 4.90 Å². The molecule has 0 spiro atoms. The maximum Gasteiger partial charge on any atom is 0.317 e. The molecular formula is C14H26N4O. The van der Waals surface area contributed by atoms with Gasteiger partial charge in [0.15, 0.2) is 0 Å². The van der Waals surface area contributed by atoms with Crippen LogP contribution in [0.2, 0.25) is 0 Å². The highest BCUT2D eigenvalue weighted by Crippen LogP contribution is 2.29. The molecule has 0 aromatic carbocycles. The predicted molar refractivity (Wildman–Crippen MR) is 75.2 cm³/mol. The Morgan fingerprint density at radius 3 is 2.58 bits per heavy atom. The van der Waals surface area contributed by atoms with Gasteiger partial charge in [0, 0.05) is 45.8 Å². The van der Waals surface area contributed by atoms with E-state index in [-0.39, 0.29) is 6.03 Å². The zero-order chi connectivity index (χ0) is 13.1. The lowest BCUT2D eigenvalue weighted by Crippen LogP contribution is -2.46. The Morgan fingerprint density at radius 2 is 1.84 bits per heavy atom. The van der Waals surface area contributed by atoms with Crippen LogP contribution in [0.15, 0.2) is 0 Å². The SMILES string of the molecule is O=C1NC(C2CCCC2)CN1CCN1CCNCC1. The lowest BCUT2D eigenvalue weighted by Gasteiger charge is -2.28. The Labute approximate surface area is 115 Å². The van der Waals surface area contributed by atoms with Gasteiger partial charge in [-0.2, -0.15) is 0 Å². The molecule has 0 aromatic rings. The minimum atomic E-state index is 0.159. The van der Waals surface area contributed by atoms with Crippen molar-refractivity contribution in [3.63, 3.8) is 0 Å². The number of nitrogens with one attached hydrogen (secondary N) is 2. The highest BCUT2D eigenvalue weighted by Gasteiger charge is 2.35. The Kier molecular flexibility index (Phi) is 4.23. The van der Waals surface area contributed by atoms with Crippen molar-refractivity contribution in [2.45, 2.75) is 31.7 Å². The van der Waals surface area contributed by atoms with Gasteiger partial charge in [0.1, 0.15) is 0 Å². The molecule has 2 saturated heterocycles. The zero-order valence-corrected chi connectivity index (χ0v) is 11.7. The summed E-state index contributed by atoms with van der Waals surface area (Å²) in [6, 6.07) is 0.574. The van der Waals surface area contributed by atoms with Crippen LogP contribution in [-0.2, 0) is 0 Å². The molecule has 19 heavy (non-hydrogen) atoms. The van der Waals surface area contributed by atoms with Crippen molar-refractivity contribution in [1.29, 1.82) is 0 Å². The number of nitrogens with zero attached hydrogens (tertiary/aromatic N) is 2. The van der Waals surface area contributed by atoms with Crippen LogP contribution >= 0.6 is 0 Å². The number of amides is 2. The minimum Gasteiger partial charge on any atom is -0.333 e. The van der Waals surface area contributed by atoms with Gasteiger partial charge < -0.3 is 15.5 Å². The van der Waals surface area contributed by atoms with Crippen LogP contribution in [0, 0.1) is 5.92 Å². The number of piperazine rings is 1. The molecule has 3 aliphatic rings. The fourth-order valence-electron chi connectivity index (χ4n) is 3.63. The first kappa shape index (κ1) is 13.2. The van der Waals surface area contributed by atoms with E-state index in [4.69, 9.17) is 0 Å². The second-order valence-corrected chi connectivity index (χ2v) is 6.14. The van der Waals surface area contributed by atoms with Crippen molar-refractivity contribution in [1.82, 2.24) is 20.4 Å². The van der Waals surface area contributed by atoms with Crippen molar-refractivity contribution in [2.75, 3.05) is 45.8 Å². The molecule has 0 radical (unpaired) electrons. The molecule has 0 bridgehead atoms. The van der Waals surface area contributed by atoms with Crippen LogP contribution in [0.5, 0.6) is 0 Å². The van der Waals surface area contributed by atoms with Crippen LogP contribution in [-0.4, -0.2) is 67.7 Å². The summed E-state index contributed by atoms with van der Waals surface area (Å²) in [4.78, 5) is 16.5. The third kappa shape index (κ3) is 3.20. The highest BCUT2D eigenvalue weighted by atomic mass is 16.2. The van der Waals surface area contributed by atoms with E-state index < -0.39 is 0 Å². The van der Waals surface area contributed by atoms with E-state index in [9.17, 15) is 4.79 Å². The van der Waals surface area contributed by atoms with Gasteiger partial charge in [-0.1, -0.05) is 12.8 Å². The van der Waals surface area contributed by atoms with E-state index in [1.165, 1.54) is 25.7 Å². The van der Waals surface area contributed by atoms with Gasteiger partial charge in [-0.15, -0.1) is 0 Å². The fourth-order valence-corrected chi connectivity index (χ4v) is 3.63. The summed E-state index contributed by atoms with van der Waals surface area (Å²) in [6.07, 6.45) is 5.29. The normalized spacial score (nSPS) is 30.0. The van der Waals surface area contributed by atoms with Crippen molar-refractivity contribution in [3.05, 3.63) is 0 Å².